The summed E-state index contributed by atoms with van der Waals surface area (Å²) in [4.78, 5) is 36.9. The highest BCUT2D eigenvalue weighted by atomic mass is 16.5. The van der Waals surface area contributed by atoms with Gasteiger partial charge in [-0.2, -0.15) is 0 Å². The molecule has 1 aromatic rings. The number of ether oxygens (including phenoxy) is 2. The van der Waals surface area contributed by atoms with E-state index in [-0.39, 0.29) is 30.2 Å². The first-order valence-corrected chi connectivity index (χ1v) is 8.77. The zero-order valence-corrected chi connectivity index (χ0v) is 14.9. The number of rotatable bonds is 5. The number of hydrogen-bond donors (Lipinski definition) is 0. The van der Waals surface area contributed by atoms with Gasteiger partial charge in [0, 0.05) is 5.56 Å². The van der Waals surface area contributed by atoms with Crippen LogP contribution < -0.4 is 0 Å². The largest absolute Gasteiger partial charge is 0.469 e. The first kappa shape index (κ1) is 17.6. The van der Waals surface area contributed by atoms with Crippen LogP contribution in [0.2, 0.25) is 0 Å². The minimum absolute atomic E-state index is 0.165. The van der Waals surface area contributed by atoms with Gasteiger partial charge in [-0.3, -0.25) is 14.4 Å². The third kappa shape index (κ3) is 3.32. The number of methoxy groups -OCH3 is 1. The van der Waals surface area contributed by atoms with Crippen molar-refractivity contribution in [1.29, 1.82) is 0 Å². The van der Waals surface area contributed by atoms with Gasteiger partial charge in [0.25, 0.3) is 0 Å². The molecule has 134 valence electrons. The molecule has 0 spiro atoms. The lowest BCUT2D eigenvalue weighted by atomic mass is 9.79. The van der Waals surface area contributed by atoms with E-state index in [0.29, 0.717) is 5.56 Å². The van der Waals surface area contributed by atoms with Crippen molar-refractivity contribution in [3.8, 4) is 0 Å². The Morgan fingerprint density at radius 1 is 1.00 bits per heavy atom. The van der Waals surface area contributed by atoms with Crippen LogP contribution in [0.1, 0.15) is 40.7 Å². The van der Waals surface area contributed by atoms with Crippen molar-refractivity contribution in [3.63, 3.8) is 0 Å². The molecule has 2 saturated carbocycles. The number of ketones is 1. The molecule has 0 aromatic heterocycles. The average molecular weight is 344 g/mol. The molecule has 2 fully saturated rings. The molecule has 3 rings (SSSR count). The van der Waals surface area contributed by atoms with E-state index < -0.39 is 17.8 Å². The first-order valence-electron chi connectivity index (χ1n) is 8.77. The van der Waals surface area contributed by atoms with Gasteiger partial charge in [0.15, 0.2) is 12.4 Å². The molecule has 0 heterocycles. The molecule has 2 aliphatic rings. The molecular formula is C20H24O5. The summed E-state index contributed by atoms with van der Waals surface area (Å²) in [6.07, 6.45) is 2.75. The molecule has 0 aliphatic heterocycles. The highest BCUT2D eigenvalue weighted by Gasteiger charge is 2.55. The zero-order valence-electron chi connectivity index (χ0n) is 14.9. The van der Waals surface area contributed by atoms with Gasteiger partial charge < -0.3 is 9.47 Å². The van der Waals surface area contributed by atoms with E-state index in [0.717, 1.165) is 30.4 Å². The summed E-state index contributed by atoms with van der Waals surface area (Å²) in [5, 5.41) is 0. The Balaban J connectivity index is 1.64. The summed E-state index contributed by atoms with van der Waals surface area (Å²) in [6.45, 7) is 3.63. The highest BCUT2D eigenvalue weighted by molar-refractivity contribution is 5.98. The third-order valence-electron chi connectivity index (χ3n) is 5.84. The minimum Gasteiger partial charge on any atom is -0.469 e. The minimum atomic E-state index is -0.473. The second-order valence-corrected chi connectivity index (χ2v) is 7.24. The maximum atomic E-state index is 12.5. The average Bonchev–Trinajstić information content (AvgIpc) is 3.22. The molecule has 5 heteroatoms. The molecule has 5 nitrogen and oxygen atoms in total. The Labute approximate surface area is 147 Å². The van der Waals surface area contributed by atoms with Crippen molar-refractivity contribution in [2.45, 2.75) is 33.1 Å². The van der Waals surface area contributed by atoms with Gasteiger partial charge >= 0.3 is 11.9 Å². The Morgan fingerprint density at radius 2 is 1.64 bits per heavy atom. The van der Waals surface area contributed by atoms with E-state index in [4.69, 9.17) is 9.47 Å². The topological polar surface area (TPSA) is 69.7 Å². The fraction of sp³-hybridized carbons (Fsp3) is 0.550. The van der Waals surface area contributed by atoms with Gasteiger partial charge in [-0.05, 0) is 62.1 Å². The number of hydrogen-bond acceptors (Lipinski definition) is 5. The maximum absolute atomic E-state index is 12.5. The standard InChI is InChI=1S/C20H24O5/c1-11-4-5-13(8-12(11)2)16(21)10-25-20(23)18-15-7-6-14(9-15)17(18)19(22)24-3/h4-5,8,14-15,17-18H,6-7,9-10H2,1-3H3/t14-,15-,17-,18-/m0/s1. The van der Waals surface area contributed by atoms with Crippen LogP contribution in [0.3, 0.4) is 0 Å². The van der Waals surface area contributed by atoms with Crippen LogP contribution in [0, 0.1) is 37.5 Å². The monoisotopic (exact) mass is 344 g/mol. The van der Waals surface area contributed by atoms with Gasteiger partial charge in [-0.1, -0.05) is 12.1 Å². The van der Waals surface area contributed by atoms with E-state index >= 15 is 0 Å². The van der Waals surface area contributed by atoms with Gasteiger partial charge in [-0.15, -0.1) is 0 Å². The van der Waals surface area contributed by atoms with Crippen LogP contribution >= 0.6 is 0 Å². The normalized spacial score (nSPS) is 27.2. The number of carbonyl (C=O) groups excluding carboxylic acids is 3. The molecule has 25 heavy (non-hydrogen) atoms. The quantitative estimate of drug-likeness (QED) is 0.607. The Morgan fingerprint density at radius 3 is 2.24 bits per heavy atom. The molecule has 0 radical (unpaired) electrons. The predicted molar refractivity (Wildman–Crippen MR) is 91.0 cm³/mol. The van der Waals surface area contributed by atoms with Crippen LogP contribution in [-0.2, 0) is 19.1 Å². The molecule has 4 atom stereocenters. The number of Topliss-reactive ketones (excluding diaryl/α,β-unsaturated/α-hetero) is 1. The lowest BCUT2D eigenvalue weighted by Gasteiger charge is -2.27. The highest BCUT2D eigenvalue weighted by Crippen LogP contribution is 2.53. The molecule has 0 N–H and O–H groups in total. The van der Waals surface area contributed by atoms with Crippen molar-refractivity contribution < 1.29 is 23.9 Å². The molecule has 0 amide bonds. The maximum Gasteiger partial charge on any atom is 0.310 e. The van der Waals surface area contributed by atoms with Gasteiger partial charge in [0.05, 0.1) is 18.9 Å². The summed E-state index contributed by atoms with van der Waals surface area (Å²) in [6, 6.07) is 5.43. The smallest absolute Gasteiger partial charge is 0.310 e. The van der Waals surface area contributed by atoms with Gasteiger partial charge in [0.2, 0.25) is 0 Å². The zero-order chi connectivity index (χ0) is 18.1. The second-order valence-electron chi connectivity index (χ2n) is 7.24. The van der Waals surface area contributed by atoms with E-state index in [1.165, 1.54) is 7.11 Å². The predicted octanol–water partition coefficient (Wildman–Crippen LogP) is 2.86. The number of aryl methyl sites for hydroxylation is 2. The summed E-state index contributed by atoms with van der Waals surface area (Å²) < 4.78 is 10.2. The fourth-order valence-corrected chi connectivity index (χ4v) is 4.34. The summed E-state index contributed by atoms with van der Waals surface area (Å²) in [7, 11) is 1.35. The molecular weight excluding hydrogens is 320 g/mol. The molecule has 0 unspecified atom stereocenters. The van der Waals surface area contributed by atoms with Crippen molar-refractivity contribution in [2.75, 3.05) is 13.7 Å². The van der Waals surface area contributed by atoms with E-state index in [2.05, 4.69) is 0 Å². The molecule has 2 aliphatic carbocycles. The fourth-order valence-electron chi connectivity index (χ4n) is 4.34. The number of benzene rings is 1. The summed E-state index contributed by atoms with van der Waals surface area (Å²) in [5.41, 5.74) is 2.67. The van der Waals surface area contributed by atoms with Crippen molar-refractivity contribution in [1.82, 2.24) is 0 Å². The first-order chi connectivity index (χ1) is 11.9. The van der Waals surface area contributed by atoms with Crippen molar-refractivity contribution >= 4 is 17.7 Å². The molecule has 1 aromatic carbocycles. The number of fused-ring (bicyclic) bond motifs is 2. The van der Waals surface area contributed by atoms with Crippen LogP contribution in [-0.4, -0.2) is 31.4 Å². The molecule has 2 bridgehead atoms. The SMILES string of the molecule is COC(=O)[C@H]1[C@H]2CC[C@@H](C2)[C@@H]1C(=O)OCC(=O)c1ccc(C)c(C)c1. The number of esters is 2. The van der Waals surface area contributed by atoms with Crippen molar-refractivity contribution in [2.24, 2.45) is 23.7 Å². The van der Waals surface area contributed by atoms with Crippen LogP contribution in [0.4, 0.5) is 0 Å². The van der Waals surface area contributed by atoms with Gasteiger partial charge in [-0.25, -0.2) is 0 Å². The van der Waals surface area contributed by atoms with E-state index in [9.17, 15) is 14.4 Å². The lowest BCUT2D eigenvalue weighted by molar-refractivity contribution is -0.161. The molecule has 0 saturated heterocycles. The van der Waals surface area contributed by atoms with Gasteiger partial charge in [0.1, 0.15) is 0 Å². The van der Waals surface area contributed by atoms with Crippen LogP contribution in [0.15, 0.2) is 18.2 Å². The Hall–Kier alpha value is -2.17. The second kappa shape index (κ2) is 6.98. The van der Waals surface area contributed by atoms with E-state index in [1.54, 1.807) is 12.1 Å². The summed E-state index contributed by atoms with van der Waals surface area (Å²) in [5.74, 6) is -1.54. The number of carbonyl (C=O) groups is 3. The van der Waals surface area contributed by atoms with Crippen molar-refractivity contribution in [3.05, 3.63) is 34.9 Å². The van der Waals surface area contributed by atoms with E-state index in [1.807, 2.05) is 19.9 Å². The van der Waals surface area contributed by atoms with Crippen LogP contribution in [0.25, 0.3) is 0 Å². The Kier molecular flexibility index (Phi) is 4.93. The Bertz CT molecular complexity index is 708. The summed E-state index contributed by atoms with van der Waals surface area (Å²) >= 11 is 0. The third-order valence-corrected chi connectivity index (χ3v) is 5.84. The van der Waals surface area contributed by atoms with Crippen LogP contribution in [0.5, 0.6) is 0 Å². The lowest BCUT2D eigenvalue weighted by Crippen LogP contribution is -2.37.